The molecule has 3 N–H and O–H groups in total. The molecule has 0 radical (unpaired) electrons. The summed E-state index contributed by atoms with van der Waals surface area (Å²) >= 11 is 0. The lowest BCUT2D eigenvalue weighted by atomic mass is 10.0. The molecule has 30 heavy (non-hydrogen) atoms. The van der Waals surface area contributed by atoms with Crippen molar-refractivity contribution in [2.24, 2.45) is 0 Å². The minimum absolute atomic E-state index is 0.0118. The average molecular weight is 400 g/mol. The highest BCUT2D eigenvalue weighted by molar-refractivity contribution is 6.00. The van der Waals surface area contributed by atoms with Crippen molar-refractivity contribution in [3.05, 3.63) is 89.1 Å². The van der Waals surface area contributed by atoms with Crippen molar-refractivity contribution in [2.75, 3.05) is 10.6 Å². The SMILES string of the molecule is O=Cc1cccc(NC(=O)Nc2ccccn2)c1C1N[C@H]2c3ccccc3C[C@H]2O1. The number of aldehydes is 1. The minimum Gasteiger partial charge on any atom is -0.353 e. The lowest BCUT2D eigenvalue weighted by Gasteiger charge is -2.20. The number of carbonyl (C=O) groups is 2. The first kappa shape index (κ1) is 18.5. The Labute approximate surface area is 173 Å². The number of rotatable bonds is 4. The Morgan fingerprint density at radius 1 is 1.07 bits per heavy atom. The molecule has 2 aromatic carbocycles. The molecule has 1 aliphatic heterocycles. The number of carbonyl (C=O) groups excluding carboxylic acids is 2. The molecule has 1 aromatic heterocycles. The molecular weight excluding hydrogens is 380 g/mol. The molecule has 2 heterocycles. The van der Waals surface area contributed by atoms with Gasteiger partial charge < -0.3 is 10.1 Å². The van der Waals surface area contributed by atoms with E-state index >= 15 is 0 Å². The van der Waals surface area contributed by atoms with E-state index < -0.39 is 12.3 Å². The second-order valence-corrected chi connectivity index (χ2v) is 7.32. The van der Waals surface area contributed by atoms with Gasteiger partial charge in [0.1, 0.15) is 12.0 Å². The Morgan fingerprint density at radius 3 is 2.77 bits per heavy atom. The van der Waals surface area contributed by atoms with Gasteiger partial charge in [-0.15, -0.1) is 0 Å². The predicted octanol–water partition coefficient (Wildman–Crippen LogP) is 3.82. The monoisotopic (exact) mass is 400 g/mol. The van der Waals surface area contributed by atoms with Gasteiger partial charge >= 0.3 is 6.03 Å². The van der Waals surface area contributed by atoms with Crippen LogP contribution in [0.4, 0.5) is 16.3 Å². The van der Waals surface area contributed by atoms with Gasteiger partial charge in [0.2, 0.25) is 0 Å². The number of benzene rings is 2. The van der Waals surface area contributed by atoms with Gasteiger partial charge in [0.25, 0.3) is 0 Å². The van der Waals surface area contributed by atoms with Gasteiger partial charge in [0, 0.05) is 23.7 Å². The summed E-state index contributed by atoms with van der Waals surface area (Å²) in [4.78, 5) is 28.3. The third-order valence-corrected chi connectivity index (χ3v) is 5.51. The topological polar surface area (TPSA) is 92.4 Å². The quantitative estimate of drug-likeness (QED) is 0.579. The Hall–Kier alpha value is -3.55. The molecule has 0 bridgehead atoms. The van der Waals surface area contributed by atoms with E-state index in [1.54, 1.807) is 42.6 Å². The maximum absolute atomic E-state index is 12.5. The van der Waals surface area contributed by atoms with Crippen molar-refractivity contribution < 1.29 is 14.3 Å². The number of nitrogens with zero attached hydrogens (tertiary/aromatic N) is 1. The summed E-state index contributed by atoms with van der Waals surface area (Å²) in [5, 5.41) is 9.01. The number of ether oxygens (including phenoxy) is 1. The fraction of sp³-hybridized carbons (Fsp3) is 0.174. The van der Waals surface area contributed by atoms with Crippen LogP contribution in [0.25, 0.3) is 0 Å². The maximum atomic E-state index is 12.5. The Balaban J connectivity index is 1.40. The fourth-order valence-corrected chi connectivity index (χ4v) is 4.20. The van der Waals surface area contributed by atoms with Crippen LogP contribution in [0.5, 0.6) is 0 Å². The van der Waals surface area contributed by atoms with Crippen LogP contribution in [0.2, 0.25) is 0 Å². The summed E-state index contributed by atoms with van der Waals surface area (Å²) in [7, 11) is 0. The maximum Gasteiger partial charge on any atom is 0.324 e. The van der Waals surface area contributed by atoms with Crippen LogP contribution < -0.4 is 16.0 Å². The summed E-state index contributed by atoms with van der Waals surface area (Å²) in [5.74, 6) is 0.435. The van der Waals surface area contributed by atoms with Crippen LogP contribution in [0, 0.1) is 0 Å². The number of urea groups is 1. The van der Waals surface area contributed by atoms with Gasteiger partial charge in [0.05, 0.1) is 17.8 Å². The molecule has 2 amide bonds. The second-order valence-electron chi connectivity index (χ2n) is 7.32. The van der Waals surface area contributed by atoms with Gasteiger partial charge in [-0.05, 0) is 29.3 Å². The summed E-state index contributed by atoms with van der Waals surface area (Å²) < 4.78 is 6.28. The summed E-state index contributed by atoms with van der Waals surface area (Å²) in [6, 6.07) is 18.3. The van der Waals surface area contributed by atoms with E-state index in [0.717, 1.165) is 12.7 Å². The zero-order valence-corrected chi connectivity index (χ0v) is 16.0. The van der Waals surface area contributed by atoms with Crippen LogP contribution >= 0.6 is 0 Å². The third kappa shape index (κ3) is 3.34. The number of fused-ring (bicyclic) bond motifs is 3. The average Bonchev–Trinajstić information content (AvgIpc) is 3.32. The van der Waals surface area contributed by atoms with Crippen molar-refractivity contribution in [2.45, 2.75) is 24.8 Å². The zero-order chi connectivity index (χ0) is 20.5. The lowest BCUT2D eigenvalue weighted by Crippen LogP contribution is -2.24. The van der Waals surface area contributed by atoms with Crippen LogP contribution in [-0.2, 0) is 11.2 Å². The van der Waals surface area contributed by atoms with E-state index in [1.165, 1.54) is 11.1 Å². The van der Waals surface area contributed by atoms with E-state index in [2.05, 4.69) is 33.1 Å². The molecule has 1 saturated heterocycles. The molecule has 1 aliphatic carbocycles. The molecule has 150 valence electrons. The van der Waals surface area contributed by atoms with E-state index in [-0.39, 0.29) is 12.1 Å². The molecule has 2 aliphatic rings. The largest absolute Gasteiger partial charge is 0.353 e. The van der Waals surface area contributed by atoms with Gasteiger partial charge in [-0.1, -0.05) is 42.5 Å². The first-order valence-electron chi connectivity index (χ1n) is 9.79. The van der Waals surface area contributed by atoms with Gasteiger partial charge in [-0.3, -0.25) is 15.4 Å². The number of anilines is 2. The smallest absolute Gasteiger partial charge is 0.324 e. The Bertz CT molecular complexity index is 1100. The van der Waals surface area contributed by atoms with Crippen molar-refractivity contribution >= 4 is 23.8 Å². The number of amides is 2. The fourth-order valence-electron chi connectivity index (χ4n) is 4.20. The predicted molar refractivity (Wildman–Crippen MR) is 112 cm³/mol. The molecule has 5 rings (SSSR count). The highest BCUT2D eigenvalue weighted by Crippen LogP contribution is 2.43. The second kappa shape index (κ2) is 7.70. The molecule has 1 unspecified atom stereocenters. The van der Waals surface area contributed by atoms with Crippen molar-refractivity contribution in [3.8, 4) is 0 Å². The molecule has 3 atom stereocenters. The van der Waals surface area contributed by atoms with Crippen molar-refractivity contribution in [3.63, 3.8) is 0 Å². The van der Waals surface area contributed by atoms with Crippen LogP contribution in [0.1, 0.15) is 39.3 Å². The summed E-state index contributed by atoms with van der Waals surface area (Å²) in [6.45, 7) is 0. The number of pyridine rings is 1. The van der Waals surface area contributed by atoms with Crippen LogP contribution in [0.15, 0.2) is 66.9 Å². The van der Waals surface area contributed by atoms with Crippen molar-refractivity contribution in [1.29, 1.82) is 0 Å². The summed E-state index contributed by atoms with van der Waals surface area (Å²) in [5.41, 5.74) is 4.09. The van der Waals surface area contributed by atoms with Crippen LogP contribution in [0.3, 0.4) is 0 Å². The summed E-state index contributed by atoms with van der Waals surface area (Å²) in [6.07, 6.45) is 2.68. The molecule has 3 aromatic rings. The number of nitrogens with one attached hydrogen (secondary N) is 3. The Morgan fingerprint density at radius 2 is 1.93 bits per heavy atom. The van der Waals surface area contributed by atoms with Crippen molar-refractivity contribution in [1.82, 2.24) is 10.3 Å². The van der Waals surface area contributed by atoms with Gasteiger partial charge in [-0.2, -0.15) is 0 Å². The lowest BCUT2D eigenvalue weighted by molar-refractivity contribution is 0.0399. The standard InChI is InChI=1S/C23H20N4O3/c28-13-15-7-5-9-17(25-23(29)26-19-10-3-4-11-24-19)20(15)22-27-21-16-8-2-1-6-14(16)12-18(21)30-22/h1-11,13,18,21-22,27H,12H2,(H2,24,25,26,29)/t18-,21+,22?/m1/s1. The number of aromatic nitrogens is 1. The molecule has 7 nitrogen and oxygen atoms in total. The first-order chi connectivity index (χ1) is 14.7. The molecule has 0 spiro atoms. The van der Waals surface area contributed by atoms with E-state index in [9.17, 15) is 9.59 Å². The number of hydrogen-bond donors (Lipinski definition) is 3. The normalized spacial score (nSPS) is 21.5. The first-order valence-corrected chi connectivity index (χ1v) is 9.79. The molecule has 7 heteroatoms. The molecule has 1 fully saturated rings. The third-order valence-electron chi connectivity index (χ3n) is 5.51. The Kier molecular flexibility index (Phi) is 4.74. The highest BCUT2D eigenvalue weighted by atomic mass is 16.5. The van der Waals surface area contributed by atoms with E-state index in [4.69, 9.17) is 4.74 Å². The van der Waals surface area contributed by atoms with Gasteiger partial charge in [-0.25, -0.2) is 9.78 Å². The van der Waals surface area contributed by atoms with Crippen LogP contribution in [-0.4, -0.2) is 23.4 Å². The molecular formula is C23H20N4O3. The highest BCUT2D eigenvalue weighted by Gasteiger charge is 2.42. The number of hydrogen-bond acceptors (Lipinski definition) is 5. The van der Waals surface area contributed by atoms with Gasteiger partial charge in [0.15, 0.2) is 6.29 Å². The molecule has 0 saturated carbocycles. The van der Waals surface area contributed by atoms with E-state index in [0.29, 0.717) is 22.6 Å². The van der Waals surface area contributed by atoms with E-state index in [1.807, 2.05) is 12.1 Å². The minimum atomic E-state index is -0.500. The zero-order valence-electron chi connectivity index (χ0n) is 16.0.